The summed E-state index contributed by atoms with van der Waals surface area (Å²) in [7, 11) is 0. The van der Waals surface area contributed by atoms with E-state index in [1.807, 2.05) is 0 Å². The van der Waals surface area contributed by atoms with Gasteiger partial charge >= 0.3 is 17.9 Å². The lowest BCUT2D eigenvalue weighted by Crippen LogP contribution is -2.30. The molecule has 0 aliphatic rings. The molecule has 0 amide bonds. The number of hydrogen-bond acceptors (Lipinski definition) is 6. The lowest BCUT2D eigenvalue weighted by atomic mass is 10.0. The third-order valence-corrected chi connectivity index (χ3v) is 16.8. The van der Waals surface area contributed by atoms with Gasteiger partial charge in [0.15, 0.2) is 6.10 Å². The Bertz CT molecular complexity index is 1430. The smallest absolute Gasteiger partial charge is 0.306 e. The Kier molecular flexibility index (Phi) is 69.6. The number of ether oxygens (including phenoxy) is 3. The second-order valence-corrected chi connectivity index (χ2v) is 25.2. The zero-order valence-electron chi connectivity index (χ0n) is 56.0. The molecule has 0 radical (unpaired) electrons. The number of carbonyl (C=O) groups excluding carboxylic acids is 3. The fourth-order valence-corrected chi connectivity index (χ4v) is 11.3. The summed E-state index contributed by atoms with van der Waals surface area (Å²) in [4.78, 5) is 38.5. The molecular weight excluding hydrogens is 1020 g/mol. The van der Waals surface area contributed by atoms with Gasteiger partial charge in [-0.3, -0.25) is 14.4 Å². The van der Waals surface area contributed by atoms with Crippen LogP contribution >= 0.6 is 0 Å². The van der Waals surface area contributed by atoms with Gasteiger partial charge in [0, 0.05) is 19.3 Å². The van der Waals surface area contributed by atoms with E-state index >= 15 is 0 Å². The highest BCUT2D eigenvalue weighted by atomic mass is 16.6. The van der Waals surface area contributed by atoms with Crippen LogP contribution in [0.1, 0.15) is 406 Å². The predicted octanol–water partition coefficient (Wildman–Crippen LogP) is 25.7. The maximum atomic E-state index is 13.0. The topological polar surface area (TPSA) is 78.9 Å². The standard InChI is InChI=1S/C77H142O6/c1-4-7-10-13-16-19-22-25-28-30-32-34-36-37-38-39-41-42-44-46-49-52-55-58-61-64-67-70-76(79)82-73-74(72-81-75(78)69-66-63-60-57-54-51-48-27-24-21-18-15-12-9-6-3)83-77(80)71-68-65-62-59-56-53-50-47-45-43-40-35-33-31-29-26-23-20-17-14-11-8-5-2/h9,12,18,21,27,48,54,57,74H,4-8,10-11,13-17,19-20,22-26,28-47,49-53,55-56,58-73H2,1-3H3/b12-9-,21-18-,48-27-,57-54-. The van der Waals surface area contributed by atoms with Crippen LogP contribution in [0.25, 0.3) is 0 Å². The van der Waals surface area contributed by atoms with Crippen molar-refractivity contribution in [1.29, 1.82) is 0 Å². The van der Waals surface area contributed by atoms with Gasteiger partial charge in [-0.1, -0.05) is 378 Å². The zero-order chi connectivity index (χ0) is 59.9. The Morgan fingerprint density at radius 2 is 0.470 bits per heavy atom. The maximum Gasteiger partial charge on any atom is 0.306 e. The lowest BCUT2D eigenvalue weighted by Gasteiger charge is -2.18. The van der Waals surface area contributed by atoms with Crippen LogP contribution in [-0.2, 0) is 28.6 Å². The van der Waals surface area contributed by atoms with Gasteiger partial charge in [-0.15, -0.1) is 0 Å². The number of esters is 3. The summed E-state index contributed by atoms with van der Waals surface area (Å²) < 4.78 is 17.0. The van der Waals surface area contributed by atoms with E-state index in [-0.39, 0.29) is 31.1 Å². The van der Waals surface area contributed by atoms with Crippen LogP contribution in [0.4, 0.5) is 0 Å². The van der Waals surface area contributed by atoms with Gasteiger partial charge in [-0.2, -0.15) is 0 Å². The summed E-state index contributed by atoms with van der Waals surface area (Å²) in [5, 5.41) is 0. The van der Waals surface area contributed by atoms with E-state index in [4.69, 9.17) is 14.2 Å². The minimum absolute atomic E-state index is 0.0808. The number of carbonyl (C=O) groups is 3. The Labute approximate surface area is 518 Å². The molecule has 0 aliphatic carbocycles. The lowest BCUT2D eigenvalue weighted by molar-refractivity contribution is -0.167. The van der Waals surface area contributed by atoms with Gasteiger partial charge in [-0.05, 0) is 57.8 Å². The Morgan fingerprint density at radius 1 is 0.253 bits per heavy atom. The fraction of sp³-hybridized carbons (Fsp3) is 0.857. The van der Waals surface area contributed by atoms with E-state index in [1.165, 1.54) is 283 Å². The monoisotopic (exact) mass is 1160 g/mol. The molecule has 1 atom stereocenters. The molecule has 0 aliphatic heterocycles. The first-order chi connectivity index (χ1) is 41.0. The van der Waals surface area contributed by atoms with E-state index in [0.29, 0.717) is 19.3 Å². The van der Waals surface area contributed by atoms with Crippen molar-refractivity contribution in [3.63, 3.8) is 0 Å². The number of rotatable bonds is 69. The van der Waals surface area contributed by atoms with Gasteiger partial charge in [0.1, 0.15) is 13.2 Å². The van der Waals surface area contributed by atoms with Crippen LogP contribution in [0.2, 0.25) is 0 Å². The summed E-state index contributed by atoms with van der Waals surface area (Å²) in [5.74, 6) is -0.894. The molecule has 6 nitrogen and oxygen atoms in total. The highest BCUT2D eigenvalue weighted by Crippen LogP contribution is 2.19. The fourth-order valence-electron chi connectivity index (χ4n) is 11.3. The first kappa shape index (κ1) is 80.4. The van der Waals surface area contributed by atoms with Gasteiger partial charge in [-0.25, -0.2) is 0 Å². The minimum atomic E-state index is -0.789. The second-order valence-electron chi connectivity index (χ2n) is 25.2. The third-order valence-electron chi connectivity index (χ3n) is 16.8. The number of hydrogen-bond donors (Lipinski definition) is 0. The normalized spacial score (nSPS) is 12.3. The van der Waals surface area contributed by atoms with Crippen molar-refractivity contribution in [2.24, 2.45) is 0 Å². The second kappa shape index (κ2) is 71.8. The molecule has 0 aromatic heterocycles. The number of allylic oxidation sites excluding steroid dienone is 8. The van der Waals surface area contributed by atoms with E-state index in [1.54, 1.807) is 0 Å². The molecule has 0 heterocycles. The van der Waals surface area contributed by atoms with Crippen LogP contribution in [0, 0.1) is 0 Å². The van der Waals surface area contributed by atoms with Crippen molar-refractivity contribution in [2.45, 2.75) is 412 Å². The Morgan fingerprint density at radius 3 is 0.735 bits per heavy atom. The molecule has 0 saturated heterocycles. The third kappa shape index (κ3) is 70.0. The molecule has 1 unspecified atom stereocenters. The molecular formula is C77H142O6. The average Bonchev–Trinajstić information content (AvgIpc) is 3.49. The van der Waals surface area contributed by atoms with Crippen LogP contribution in [0.3, 0.4) is 0 Å². The maximum absolute atomic E-state index is 13.0. The van der Waals surface area contributed by atoms with Gasteiger partial charge in [0.05, 0.1) is 0 Å². The number of unbranched alkanes of at least 4 members (excludes halogenated alkanes) is 50. The van der Waals surface area contributed by atoms with Crippen molar-refractivity contribution >= 4 is 17.9 Å². The van der Waals surface area contributed by atoms with E-state index in [0.717, 1.165) is 83.5 Å². The molecule has 0 fully saturated rings. The van der Waals surface area contributed by atoms with Crippen molar-refractivity contribution in [3.8, 4) is 0 Å². The van der Waals surface area contributed by atoms with E-state index in [9.17, 15) is 14.4 Å². The largest absolute Gasteiger partial charge is 0.462 e. The van der Waals surface area contributed by atoms with Gasteiger partial charge in [0.25, 0.3) is 0 Å². The van der Waals surface area contributed by atoms with E-state index < -0.39 is 6.10 Å². The van der Waals surface area contributed by atoms with Crippen LogP contribution in [-0.4, -0.2) is 37.2 Å². The SMILES string of the molecule is CC/C=C\C/C=C\C/C=C\C/C=C\CCCCC(=O)OCC(COC(=O)CCCCCCCCCCCCCCCCCCCCCCCCCCCCC)OC(=O)CCCCCCCCCCCCCCCCCCCCCCCCC. The molecule has 0 saturated carbocycles. The van der Waals surface area contributed by atoms with Crippen LogP contribution in [0.5, 0.6) is 0 Å². The summed E-state index contributed by atoms with van der Waals surface area (Å²) in [5.41, 5.74) is 0. The summed E-state index contributed by atoms with van der Waals surface area (Å²) in [6, 6.07) is 0. The van der Waals surface area contributed by atoms with Gasteiger partial charge < -0.3 is 14.2 Å². The molecule has 0 bridgehead atoms. The quantitative estimate of drug-likeness (QED) is 0.0261. The van der Waals surface area contributed by atoms with Crippen molar-refractivity contribution in [2.75, 3.05) is 13.2 Å². The van der Waals surface area contributed by atoms with Crippen molar-refractivity contribution in [1.82, 2.24) is 0 Å². The van der Waals surface area contributed by atoms with Crippen LogP contribution in [0.15, 0.2) is 48.6 Å². The first-order valence-electron chi connectivity index (χ1n) is 37.1. The molecule has 0 aromatic rings. The van der Waals surface area contributed by atoms with Crippen molar-refractivity contribution < 1.29 is 28.6 Å². The molecule has 486 valence electrons. The molecule has 0 aromatic carbocycles. The molecule has 0 rings (SSSR count). The molecule has 83 heavy (non-hydrogen) atoms. The Hall–Kier alpha value is -2.63. The van der Waals surface area contributed by atoms with Gasteiger partial charge in [0.2, 0.25) is 0 Å². The molecule has 0 spiro atoms. The summed E-state index contributed by atoms with van der Waals surface area (Å²) in [6.07, 6.45) is 91.7. The molecule has 6 heteroatoms. The average molecular weight is 1160 g/mol. The summed E-state index contributed by atoms with van der Waals surface area (Å²) >= 11 is 0. The highest BCUT2D eigenvalue weighted by molar-refractivity contribution is 5.71. The van der Waals surface area contributed by atoms with Crippen LogP contribution < -0.4 is 0 Å². The van der Waals surface area contributed by atoms with E-state index in [2.05, 4.69) is 69.4 Å². The molecule has 0 N–H and O–H groups in total. The predicted molar refractivity (Wildman–Crippen MR) is 362 cm³/mol. The highest BCUT2D eigenvalue weighted by Gasteiger charge is 2.19. The Balaban J connectivity index is 4.25. The first-order valence-corrected chi connectivity index (χ1v) is 37.1. The summed E-state index contributed by atoms with van der Waals surface area (Å²) in [6.45, 7) is 6.58. The van der Waals surface area contributed by atoms with Crippen molar-refractivity contribution in [3.05, 3.63) is 48.6 Å². The zero-order valence-corrected chi connectivity index (χ0v) is 56.0. The minimum Gasteiger partial charge on any atom is -0.462 e.